The van der Waals surface area contributed by atoms with Crippen LogP contribution in [0, 0.1) is 22.7 Å². The number of nitrogens with zero attached hydrogens (tertiary/aromatic N) is 3. The summed E-state index contributed by atoms with van der Waals surface area (Å²) < 4.78 is 11.9. The Bertz CT molecular complexity index is 1060. The van der Waals surface area contributed by atoms with Crippen LogP contribution in [0.2, 0.25) is 0 Å². The number of carbonyl (C=O) groups excluding carboxylic acids is 2. The van der Waals surface area contributed by atoms with E-state index in [1.807, 2.05) is 19.9 Å². The second-order valence-corrected chi connectivity index (χ2v) is 8.38. The normalized spacial score (nSPS) is 21.9. The summed E-state index contributed by atoms with van der Waals surface area (Å²) in [5.74, 6) is 0.580. The molecule has 1 aliphatic heterocycles. The third-order valence-electron chi connectivity index (χ3n) is 5.84. The van der Waals surface area contributed by atoms with Gasteiger partial charge in [-0.2, -0.15) is 5.26 Å². The molecule has 0 bridgehead atoms. The van der Waals surface area contributed by atoms with Crippen molar-refractivity contribution in [2.24, 2.45) is 17.1 Å². The maximum absolute atomic E-state index is 12.0. The number of fused-ring (bicyclic) bond motifs is 2. The molecule has 0 spiro atoms. The van der Waals surface area contributed by atoms with Crippen molar-refractivity contribution in [3.05, 3.63) is 30.0 Å². The smallest absolute Gasteiger partial charge is 0.252 e. The van der Waals surface area contributed by atoms with E-state index in [2.05, 4.69) is 4.98 Å². The van der Waals surface area contributed by atoms with Crippen LogP contribution in [0.15, 0.2) is 24.4 Å². The number of nitrogens with two attached hydrogens (primary N) is 1. The van der Waals surface area contributed by atoms with Crippen LogP contribution in [0.4, 0.5) is 0 Å². The number of rotatable bonds is 7. The fourth-order valence-corrected chi connectivity index (χ4v) is 4.23. The molecule has 1 aromatic carbocycles. The Morgan fingerprint density at radius 2 is 2.23 bits per heavy atom. The fourth-order valence-electron chi connectivity index (χ4n) is 4.23. The van der Waals surface area contributed by atoms with Gasteiger partial charge in [0.25, 0.3) is 5.91 Å². The minimum absolute atomic E-state index is 0.0701. The van der Waals surface area contributed by atoms with Gasteiger partial charge in [0.05, 0.1) is 24.3 Å². The first kappa shape index (κ1) is 20.0. The third kappa shape index (κ3) is 3.63. The predicted octanol–water partition coefficient (Wildman–Crippen LogP) is 2.26. The van der Waals surface area contributed by atoms with E-state index in [9.17, 15) is 9.59 Å². The summed E-state index contributed by atoms with van der Waals surface area (Å²) in [6, 6.07) is 7.16. The number of piperidine rings is 1. The van der Waals surface area contributed by atoms with E-state index in [0.29, 0.717) is 42.8 Å². The summed E-state index contributed by atoms with van der Waals surface area (Å²) in [5.41, 5.74) is 5.77. The van der Waals surface area contributed by atoms with Gasteiger partial charge in [-0.15, -0.1) is 0 Å². The van der Waals surface area contributed by atoms with Crippen molar-refractivity contribution in [3.8, 4) is 17.7 Å². The molecule has 1 aliphatic carbocycles. The van der Waals surface area contributed by atoms with E-state index < -0.39 is 5.91 Å². The lowest BCUT2D eigenvalue weighted by Gasteiger charge is -2.20. The van der Waals surface area contributed by atoms with Gasteiger partial charge in [0.2, 0.25) is 11.8 Å². The molecule has 8 nitrogen and oxygen atoms in total. The van der Waals surface area contributed by atoms with Crippen molar-refractivity contribution in [1.82, 2.24) is 9.88 Å². The van der Waals surface area contributed by atoms with Gasteiger partial charge in [-0.25, -0.2) is 4.98 Å². The Morgan fingerprint density at radius 1 is 1.43 bits per heavy atom. The lowest BCUT2D eigenvalue weighted by molar-refractivity contribution is -0.129. The highest BCUT2D eigenvalue weighted by Gasteiger charge is 2.61. The predicted molar refractivity (Wildman–Crippen MR) is 109 cm³/mol. The number of benzene rings is 1. The maximum atomic E-state index is 12.0. The monoisotopic (exact) mass is 408 g/mol. The van der Waals surface area contributed by atoms with Crippen LogP contribution in [0.5, 0.6) is 11.6 Å². The second kappa shape index (κ2) is 7.48. The zero-order valence-corrected chi connectivity index (χ0v) is 17.1. The van der Waals surface area contributed by atoms with E-state index in [-0.39, 0.29) is 23.8 Å². The van der Waals surface area contributed by atoms with Crippen LogP contribution in [0.25, 0.3) is 10.8 Å². The zero-order chi connectivity index (χ0) is 21.5. The number of aromatic nitrogens is 1. The van der Waals surface area contributed by atoms with Crippen molar-refractivity contribution in [3.63, 3.8) is 0 Å². The number of nitriles is 1. The number of ether oxygens (including phenoxy) is 2. The number of hydrogen-bond donors (Lipinski definition) is 1. The largest absolute Gasteiger partial charge is 0.490 e. The Hall–Kier alpha value is -3.34. The molecule has 1 aromatic heterocycles. The average Bonchev–Trinajstić information content (AvgIpc) is 3.25. The van der Waals surface area contributed by atoms with Crippen molar-refractivity contribution in [1.29, 1.82) is 5.26 Å². The number of carbonyl (C=O) groups is 2. The molecule has 30 heavy (non-hydrogen) atoms. The van der Waals surface area contributed by atoms with Crippen LogP contribution < -0.4 is 15.2 Å². The summed E-state index contributed by atoms with van der Waals surface area (Å²) in [5, 5.41) is 10.3. The molecule has 2 heterocycles. The van der Waals surface area contributed by atoms with Crippen molar-refractivity contribution >= 4 is 22.6 Å². The van der Waals surface area contributed by atoms with Crippen LogP contribution in [-0.2, 0) is 4.79 Å². The molecule has 1 unspecified atom stereocenters. The van der Waals surface area contributed by atoms with E-state index in [1.165, 1.54) is 0 Å². The van der Waals surface area contributed by atoms with E-state index in [4.69, 9.17) is 20.5 Å². The Labute approximate surface area is 174 Å². The van der Waals surface area contributed by atoms with Gasteiger partial charge in [-0.05, 0) is 49.8 Å². The van der Waals surface area contributed by atoms with Gasteiger partial charge in [-0.3, -0.25) is 9.59 Å². The van der Waals surface area contributed by atoms with Crippen molar-refractivity contribution in [2.75, 3.05) is 19.7 Å². The lowest BCUT2D eigenvalue weighted by Crippen LogP contribution is -2.32. The quantitative estimate of drug-likeness (QED) is 0.751. The summed E-state index contributed by atoms with van der Waals surface area (Å²) >= 11 is 0. The minimum atomic E-state index is -0.556. The summed E-state index contributed by atoms with van der Waals surface area (Å²) in [7, 11) is 0. The molecule has 2 aliphatic rings. The Kier molecular flexibility index (Phi) is 4.98. The number of primary amides is 1. The molecule has 156 valence electrons. The summed E-state index contributed by atoms with van der Waals surface area (Å²) in [4.78, 5) is 30.0. The second-order valence-electron chi connectivity index (χ2n) is 8.38. The van der Waals surface area contributed by atoms with Gasteiger partial charge in [0.1, 0.15) is 12.2 Å². The van der Waals surface area contributed by atoms with Crippen molar-refractivity contribution in [2.45, 2.75) is 32.8 Å². The van der Waals surface area contributed by atoms with Gasteiger partial charge in [0, 0.05) is 30.1 Å². The highest BCUT2D eigenvalue weighted by molar-refractivity contribution is 6.01. The molecule has 1 saturated carbocycles. The van der Waals surface area contributed by atoms with E-state index in [0.717, 1.165) is 17.2 Å². The van der Waals surface area contributed by atoms with Crippen molar-refractivity contribution < 1.29 is 19.1 Å². The molecule has 2 amide bonds. The van der Waals surface area contributed by atoms with Gasteiger partial charge in [-0.1, -0.05) is 0 Å². The van der Waals surface area contributed by atoms with E-state index >= 15 is 0 Å². The summed E-state index contributed by atoms with van der Waals surface area (Å²) in [6.45, 7) is 5.48. The number of hydrogen-bond acceptors (Lipinski definition) is 6. The number of likely N-dealkylation sites (tertiary alicyclic amines) is 1. The number of pyridine rings is 1. The molecular weight excluding hydrogens is 384 g/mol. The van der Waals surface area contributed by atoms with Gasteiger partial charge < -0.3 is 20.1 Å². The molecular formula is C22H24N4O4. The highest BCUT2D eigenvalue weighted by Crippen LogP contribution is 2.58. The fraction of sp³-hybridized carbons (Fsp3) is 0.455. The standard InChI is InChI=1S/C22H24N4O4/c1-13(2)30-18-8-16-14(7-17(18)20(24)28)4-6-25-21(16)29-12-22-9-15(22)10-26(11-22)19(27)3-5-23/h4,6-8,13,15H,3,9-12H2,1-2H3,(H2,24,28)/t15-,22?/m1/s1. The van der Waals surface area contributed by atoms with E-state index in [1.54, 1.807) is 29.3 Å². The molecule has 0 radical (unpaired) electrons. The topological polar surface area (TPSA) is 119 Å². The van der Waals surface area contributed by atoms with Crippen LogP contribution in [0.1, 0.15) is 37.0 Å². The molecule has 2 fully saturated rings. The third-order valence-corrected chi connectivity index (χ3v) is 5.84. The molecule has 8 heteroatoms. The van der Waals surface area contributed by atoms with Crippen LogP contribution in [-0.4, -0.2) is 47.5 Å². The Morgan fingerprint density at radius 3 is 2.93 bits per heavy atom. The first-order chi connectivity index (χ1) is 14.3. The molecule has 2 atom stereocenters. The maximum Gasteiger partial charge on any atom is 0.252 e. The molecule has 2 aromatic rings. The Balaban J connectivity index is 1.56. The molecule has 4 rings (SSSR count). The lowest BCUT2D eigenvalue weighted by atomic mass is 10.1. The van der Waals surface area contributed by atoms with Crippen LogP contribution >= 0.6 is 0 Å². The van der Waals surface area contributed by atoms with Crippen LogP contribution in [0.3, 0.4) is 0 Å². The minimum Gasteiger partial charge on any atom is -0.490 e. The van der Waals surface area contributed by atoms with Gasteiger partial charge in [0.15, 0.2) is 0 Å². The molecule has 1 saturated heterocycles. The zero-order valence-electron chi connectivity index (χ0n) is 17.1. The SMILES string of the molecule is CC(C)Oc1cc2c(OCC34C[C@@H]3CN(C(=O)CC#N)C4)nccc2cc1C(N)=O. The average molecular weight is 408 g/mol. The summed E-state index contributed by atoms with van der Waals surface area (Å²) in [6.07, 6.45) is 2.42. The van der Waals surface area contributed by atoms with Gasteiger partial charge >= 0.3 is 0 Å². The first-order valence-corrected chi connectivity index (χ1v) is 10.00. The number of amides is 2. The molecule has 2 N–H and O–H groups in total. The first-order valence-electron chi connectivity index (χ1n) is 10.00. The highest BCUT2D eigenvalue weighted by atomic mass is 16.5.